The Morgan fingerprint density at radius 1 is 1.18 bits per heavy atom. The van der Waals surface area contributed by atoms with Crippen LogP contribution < -0.4 is 17.4 Å². The Bertz CT molecular complexity index is 191. The van der Waals surface area contributed by atoms with Crippen molar-refractivity contribution >= 4 is 11.8 Å². The van der Waals surface area contributed by atoms with Gasteiger partial charge in [-0.25, -0.2) is 0 Å². The smallest absolute Gasteiger partial charge is 0.256 e. The first-order valence-corrected chi connectivity index (χ1v) is 2.96. The van der Waals surface area contributed by atoms with E-state index >= 15 is 0 Å². The van der Waals surface area contributed by atoms with E-state index in [0.717, 1.165) is 0 Å². The molecule has 0 aromatic rings. The number of nitrogens with zero attached hydrogens (tertiary/aromatic N) is 4. The van der Waals surface area contributed by atoms with Crippen LogP contribution in [0.2, 0.25) is 0 Å². The molecule has 0 saturated carbocycles. The number of nitrogens with two attached hydrogens (primary N) is 3. The molecule has 7 nitrogen and oxygen atoms in total. The zero-order valence-electron chi connectivity index (χ0n) is 6.23. The average molecular weight is 157 g/mol. The normalized spacial score (nSPS) is 14.3. The van der Waals surface area contributed by atoms with Gasteiger partial charge in [0.1, 0.15) is 0 Å². The maximum atomic E-state index is 5.10. The second kappa shape index (κ2) is 5.15. The Morgan fingerprint density at radius 3 is 2.18 bits per heavy atom. The van der Waals surface area contributed by atoms with Crippen molar-refractivity contribution in [2.45, 2.75) is 13.3 Å². The van der Waals surface area contributed by atoms with E-state index in [1.807, 2.05) is 6.92 Å². The SMILES string of the molecule is CCC(/N=N/C(N)=N\N)=N\N. The highest BCUT2D eigenvalue weighted by Crippen LogP contribution is 1.86. The molecule has 0 spiro atoms. The van der Waals surface area contributed by atoms with Crippen LogP contribution in [-0.2, 0) is 0 Å². The van der Waals surface area contributed by atoms with E-state index in [9.17, 15) is 0 Å². The molecule has 0 aliphatic rings. The van der Waals surface area contributed by atoms with Crippen LogP contribution in [-0.4, -0.2) is 11.8 Å². The third-order valence-corrected chi connectivity index (χ3v) is 0.865. The van der Waals surface area contributed by atoms with Gasteiger partial charge in [-0.2, -0.15) is 5.10 Å². The zero-order chi connectivity index (χ0) is 8.69. The quantitative estimate of drug-likeness (QED) is 0.153. The minimum absolute atomic E-state index is 0.111. The van der Waals surface area contributed by atoms with Crippen molar-refractivity contribution in [1.29, 1.82) is 0 Å². The third kappa shape index (κ3) is 3.84. The molecule has 0 amide bonds. The maximum Gasteiger partial charge on any atom is 0.256 e. The lowest BCUT2D eigenvalue weighted by Gasteiger charge is -1.89. The van der Waals surface area contributed by atoms with Gasteiger partial charge >= 0.3 is 0 Å². The van der Waals surface area contributed by atoms with Crippen molar-refractivity contribution in [3.8, 4) is 0 Å². The molecule has 0 atom stereocenters. The van der Waals surface area contributed by atoms with Crippen molar-refractivity contribution in [2.75, 3.05) is 0 Å². The summed E-state index contributed by atoms with van der Waals surface area (Å²) < 4.78 is 0. The summed E-state index contributed by atoms with van der Waals surface area (Å²) in [6, 6.07) is 0. The van der Waals surface area contributed by atoms with Gasteiger partial charge in [-0.3, -0.25) is 0 Å². The number of hydrazone groups is 2. The van der Waals surface area contributed by atoms with Gasteiger partial charge in [0.25, 0.3) is 5.96 Å². The predicted molar refractivity (Wildman–Crippen MR) is 42.6 cm³/mol. The Hall–Kier alpha value is -1.66. The molecule has 11 heavy (non-hydrogen) atoms. The van der Waals surface area contributed by atoms with Gasteiger partial charge in [0.15, 0.2) is 5.84 Å². The van der Waals surface area contributed by atoms with Crippen molar-refractivity contribution in [3.63, 3.8) is 0 Å². The van der Waals surface area contributed by atoms with Crippen molar-refractivity contribution in [1.82, 2.24) is 0 Å². The third-order valence-electron chi connectivity index (χ3n) is 0.865. The first-order valence-electron chi connectivity index (χ1n) is 2.96. The standard InChI is InChI=1S/C4H11N7/c1-2-3(8-6)10-11-4(5)9-7/h2,6-7H2,1H3,(H2,5,9)/b8-3+,11-10+. The number of hydrogen-bond acceptors (Lipinski definition) is 4. The van der Waals surface area contributed by atoms with Gasteiger partial charge in [-0.05, 0) is 0 Å². The van der Waals surface area contributed by atoms with Crippen LogP contribution >= 0.6 is 0 Å². The van der Waals surface area contributed by atoms with Crippen LogP contribution in [0.5, 0.6) is 0 Å². The van der Waals surface area contributed by atoms with Crippen LogP contribution in [0.25, 0.3) is 0 Å². The first kappa shape index (κ1) is 9.34. The molecule has 0 fully saturated rings. The number of guanidine groups is 1. The molecule has 0 aliphatic heterocycles. The van der Waals surface area contributed by atoms with Gasteiger partial charge in [-0.15, -0.1) is 15.3 Å². The van der Waals surface area contributed by atoms with Gasteiger partial charge < -0.3 is 17.4 Å². The molecule has 0 bridgehead atoms. The highest BCUT2D eigenvalue weighted by molar-refractivity contribution is 5.85. The fourth-order valence-corrected chi connectivity index (χ4v) is 0.323. The van der Waals surface area contributed by atoms with E-state index in [4.69, 9.17) is 17.4 Å². The highest BCUT2D eigenvalue weighted by Gasteiger charge is 1.90. The minimum atomic E-state index is -0.111. The maximum absolute atomic E-state index is 5.10. The summed E-state index contributed by atoms with van der Waals surface area (Å²) >= 11 is 0. The molecule has 0 aromatic heterocycles. The van der Waals surface area contributed by atoms with Crippen molar-refractivity contribution in [3.05, 3.63) is 0 Å². The summed E-state index contributed by atoms with van der Waals surface area (Å²) in [6.07, 6.45) is 0.581. The molecule has 0 heterocycles. The van der Waals surface area contributed by atoms with Gasteiger partial charge in [-0.1, -0.05) is 6.92 Å². The lowest BCUT2D eigenvalue weighted by Crippen LogP contribution is -2.10. The molecule has 0 aromatic carbocycles. The average Bonchev–Trinajstić information content (AvgIpc) is 2.06. The summed E-state index contributed by atoms with van der Waals surface area (Å²) in [5.74, 6) is 9.99. The molecule has 0 unspecified atom stereocenters. The first-order chi connectivity index (χ1) is 5.24. The predicted octanol–water partition coefficient (Wildman–Crippen LogP) is -0.691. The van der Waals surface area contributed by atoms with Gasteiger partial charge in [0.2, 0.25) is 0 Å². The summed E-state index contributed by atoms with van der Waals surface area (Å²) in [7, 11) is 0. The zero-order valence-corrected chi connectivity index (χ0v) is 6.23. The highest BCUT2D eigenvalue weighted by atomic mass is 15.3. The second-order valence-corrected chi connectivity index (χ2v) is 1.59. The molecule has 0 saturated heterocycles. The molecule has 0 rings (SSSR count). The molecule has 6 N–H and O–H groups in total. The van der Waals surface area contributed by atoms with Gasteiger partial charge in [0.05, 0.1) is 0 Å². The summed E-state index contributed by atoms with van der Waals surface area (Å²) in [6.45, 7) is 1.83. The van der Waals surface area contributed by atoms with Crippen LogP contribution in [0.15, 0.2) is 20.4 Å². The fourth-order valence-electron chi connectivity index (χ4n) is 0.323. The fraction of sp³-hybridized carbons (Fsp3) is 0.500. The number of azo groups is 1. The molecular formula is C4H11N7. The topological polar surface area (TPSA) is 127 Å². The Kier molecular flexibility index (Phi) is 4.37. The summed E-state index contributed by atoms with van der Waals surface area (Å²) in [4.78, 5) is 0. The van der Waals surface area contributed by atoms with Crippen molar-refractivity contribution in [2.24, 2.45) is 37.9 Å². The summed E-state index contributed by atoms with van der Waals surface area (Å²) in [5, 5.41) is 13.3. The van der Waals surface area contributed by atoms with E-state index in [2.05, 4.69) is 20.4 Å². The van der Waals surface area contributed by atoms with Crippen LogP contribution in [0.1, 0.15) is 13.3 Å². The van der Waals surface area contributed by atoms with E-state index in [0.29, 0.717) is 12.3 Å². The van der Waals surface area contributed by atoms with E-state index in [1.165, 1.54) is 0 Å². The second-order valence-electron chi connectivity index (χ2n) is 1.59. The minimum Gasteiger partial charge on any atom is -0.365 e. The largest absolute Gasteiger partial charge is 0.365 e. The molecular weight excluding hydrogens is 146 g/mol. The molecule has 0 radical (unpaired) electrons. The number of amidine groups is 1. The van der Waals surface area contributed by atoms with Crippen LogP contribution in [0.4, 0.5) is 0 Å². The van der Waals surface area contributed by atoms with Crippen molar-refractivity contribution < 1.29 is 0 Å². The van der Waals surface area contributed by atoms with Crippen LogP contribution in [0, 0.1) is 0 Å². The Morgan fingerprint density at radius 2 is 1.82 bits per heavy atom. The Balaban J connectivity index is 4.12. The van der Waals surface area contributed by atoms with Crippen LogP contribution in [0.3, 0.4) is 0 Å². The van der Waals surface area contributed by atoms with E-state index in [1.54, 1.807) is 0 Å². The number of rotatable bonds is 1. The molecule has 0 aliphatic carbocycles. The number of hydrogen-bond donors (Lipinski definition) is 3. The molecule has 62 valence electrons. The molecule has 7 heteroatoms. The van der Waals surface area contributed by atoms with Gasteiger partial charge in [0, 0.05) is 6.42 Å². The van der Waals surface area contributed by atoms with E-state index in [-0.39, 0.29) is 5.96 Å². The lowest BCUT2D eigenvalue weighted by molar-refractivity contribution is 1.10. The Labute approximate surface area is 64.0 Å². The summed E-state index contributed by atoms with van der Waals surface area (Å²) in [5.41, 5.74) is 5.10. The lowest BCUT2D eigenvalue weighted by atomic mass is 10.5. The monoisotopic (exact) mass is 157 g/mol. The van der Waals surface area contributed by atoms with E-state index < -0.39 is 0 Å².